The van der Waals surface area contributed by atoms with Crippen molar-refractivity contribution in [1.82, 2.24) is 4.90 Å². The second-order valence-electron chi connectivity index (χ2n) is 5.72. The van der Waals surface area contributed by atoms with Gasteiger partial charge in [0, 0.05) is 13.1 Å². The van der Waals surface area contributed by atoms with Crippen LogP contribution in [0.3, 0.4) is 0 Å². The Kier molecular flexibility index (Phi) is 5.23. The molecule has 0 amide bonds. The van der Waals surface area contributed by atoms with E-state index in [2.05, 4.69) is 24.1 Å². The summed E-state index contributed by atoms with van der Waals surface area (Å²) in [5.74, 6) is 1.66. The SMILES string of the molecule is COc1cccc(CN(C)CC2CCC(O)CC2)c1. The summed E-state index contributed by atoms with van der Waals surface area (Å²) in [5.41, 5.74) is 1.29. The van der Waals surface area contributed by atoms with Crippen LogP contribution >= 0.6 is 0 Å². The van der Waals surface area contributed by atoms with Crippen LogP contribution in [0.2, 0.25) is 0 Å². The van der Waals surface area contributed by atoms with Crippen LogP contribution < -0.4 is 4.74 Å². The first kappa shape index (κ1) is 14.4. The van der Waals surface area contributed by atoms with Crippen molar-refractivity contribution in [2.45, 2.75) is 38.3 Å². The van der Waals surface area contributed by atoms with Crippen molar-refractivity contribution in [3.63, 3.8) is 0 Å². The Morgan fingerprint density at radius 2 is 2.00 bits per heavy atom. The molecule has 1 aliphatic carbocycles. The summed E-state index contributed by atoms with van der Waals surface area (Å²) < 4.78 is 5.25. The first-order chi connectivity index (χ1) is 9.17. The summed E-state index contributed by atoms with van der Waals surface area (Å²) in [4.78, 5) is 2.37. The van der Waals surface area contributed by atoms with Crippen LogP contribution in [-0.4, -0.2) is 36.8 Å². The minimum absolute atomic E-state index is 0.0556. The lowest BCUT2D eigenvalue weighted by Gasteiger charge is -2.29. The zero-order valence-electron chi connectivity index (χ0n) is 12.0. The molecule has 1 aliphatic rings. The van der Waals surface area contributed by atoms with Crippen LogP contribution in [0.1, 0.15) is 31.2 Å². The first-order valence-corrected chi connectivity index (χ1v) is 7.17. The van der Waals surface area contributed by atoms with Crippen molar-refractivity contribution in [1.29, 1.82) is 0 Å². The van der Waals surface area contributed by atoms with E-state index < -0.39 is 0 Å². The van der Waals surface area contributed by atoms with Crippen molar-refractivity contribution < 1.29 is 9.84 Å². The van der Waals surface area contributed by atoms with Crippen molar-refractivity contribution in [2.24, 2.45) is 5.92 Å². The number of hydrogen-bond donors (Lipinski definition) is 1. The highest BCUT2D eigenvalue weighted by molar-refractivity contribution is 5.28. The maximum Gasteiger partial charge on any atom is 0.119 e. The fraction of sp³-hybridized carbons (Fsp3) is 0.625. The maximum atomic E-state index is 9.53. The molecular weight excluding hydrogens is 238 g/mol. The normalized spacial score (nSPS) is 23.6. The number of methoxy groups -OCH3 is 1. The van der Waals surface area contributed by atoms with E-state index in [0.29, 0.717) is 0 Å². The van der Waals surface area contributed by atoms with E-state index in [1.807, 2.05) is 12.1 Å². The molecule has 3 heteroatoms. The minimum Gasteiger partial charge on any atom is -0.497 e. The standard InChI is InChI=1S/C16H25NO2/c1-17(11-13-6-8-15(18)9-7-13)12-14-4-3-5-16(10-14)19-2/h3-5,10,13,15,18H,6-9,11-12H2,1-2H3. The molecule has 3 nitrogen and oxygen atoms in total. The van der Waals surface area contributed by atoms with Gasteiger partial charge in [-0.3, -0.25) is 0 Å². The molecular formula is C16H25NO2. The highest BCUT2D eigenvalue weighted by Gasteiger charge is 2.20. The van der Waals surface area contributed by atoms with Gasteiger partial charge < -0.3 is 14.7 Å². The van der Waals surface area contributed by atoms with Gasteiger partial charge in [0.05, 0.1) is 13.2 Å². The van der Waals surface area contributed by atoms with E-state index in [1.165, 1.54) is 5.56 Å². The third-order valence-electron chi connectivity index (χ3n) is 3.97. The van der Waals surface area contributed by atoms with E-state index >= 15 is 0 Å². The molecule has 1 aromatic carbocycles. The molecule has 1 N–H and O–H groups in total. The monoisotopic (exact) mass is 263 g/mol. The van der Waals surface area contributed by atoms with Gasteiger partial charge in [-0.25, -0.2) is 0 Å². The molecule has 1 aromatic rings. The van der Waals surface area contributed by atoms with Gasteiger partial charge in [0.1, 0.15) is 5.75 Å². The molecule has 0 aliphatic heterocycles. The van der Waals surface area contributed by atoms with E-state index in [1.54, 1.807) is 7.11 Å². The lowest BCUT2D eigenvalue weighted by molar-refractivity contribution is 0.0968. The molecule has 0 saturated heterocycles. The molecule has 19 heavy (non-hydrogen) atoms. The van der Waals surface area contributed by atoms with E-state index in [0.717, 1.165) is 50.4 Å². The molecule has 0 atom stereocenters. The number of hydrogen-bond acceptors (Lipinski definition) is 3. The zero-order valence-corrected chi connectivity index (χ0v) is 12.0. The van der Waals surface area contributed by atoms with Gasteiger partial charge in [-0.15, -0.1) is 0 Å². The van der Waals surface area contributed by atoms with Crippen LogP contribution in [0.4, 0.5) is 0 Å². The van der Waals surface area contributed by atoms with Crippen molar-refractivity contribution >= 4 is 0 Å². The fourth-order valence-corrected chi connectivity index (χ4v) is 2.92. The summed E-state index contributed by atoms with van der Waals surface area (Å²) in [6.07, 6.45) is 4.20. The second kappa shape index (κ2) is 6.92. The van der Waals surface area contributed by atoms with Crippen LogP contribution in [0.25, 0.3) is 0 Å². The van der Waals surface area contributed by atoms with Gasteiger partial charge in [0.2, 0.25) is 0 Å². The average molecular weight is 263 g/mol. The third kappa shape index (κ3) is 4.51. The molecule has 106 valence electrons. The van der Waals surface area contributed by atoms with E-state index in [9.17, 15) is 5.11 Å². The van der Waals surface area contributed by atoms with Crippen LogP contribution in [-0.2, 0) is 6.54 Å². The topological polar surface area (TPSA) is 32.7 Å². The lowest BCUT2D eigenvalue weighted by Crippen LogP contribution is -2.29. The molecule has 2 rings (SSSR count). The first-order valence-electron chi connectivity index (χ1n) is 7.17. The molecule has 0 aromatic heterocycles. The van der Waals surface area contributed by atoms with Gasteiger partial charge in [-0.2, -0.15) is 0 Å². The predicted octanol–water partition coefficient (Wildman–Crippen LogP) is 2.68. The van der Waals surface area contributed by atoms with E-state index in [4.69, 9.17) is 4.74 Å². The van der Waals surface area contributed by atoms with Crippen LogP contribution in [0.5, 0.6) is 5.75 Å². The summed E-state index contributed by atoms with van der Waals surface area (Å²) in [6, 6.07) is 8.26. The van der Waals surface area contributed by atoms with Gasteiger partial charge in [0.25, 0.3) is 0 Å². The Morgan fingerprint density at radius 1 is 1.26 bits per heavy atom. The highest BCUT2D eigenvalue weighted by Crippen LogP contribution is 2.25. The van der Waals surface area contributed by atoms with Crippen molar-refractivity contribution in [2.75, 3.05) is 20.7 Å². The number of aliphatic hydroxyl groups is 1. The third-order valence-corrected chi connectivity index (χ3v) is 3.97. The quantitative estimate of drug-likeness (QED) is 0.886. The highest BCUT2D eigenvalue weighted by atomic mass is 16.5. The van der Waals surface area contributed by atoms with Gasteiger partial charge in [-0.05, 0) is 56.3 Å². The maximum absolute atomic E-state index is 9.53. The van der Waals surface area contributed by atoms with Gasteiger partial charge in [0.15, 0.2) is 0 Å². The molecule has 0 unspecified atom stereocenters. The smallest absolute Gasteiger partial charge is 0.119 e. The summed E-state index contributed by atoms with van der Waals surface area (Å²) in [6.45, 7) is 2.07. The minimum atomic E-state index is -0.0556. The Hall–Kier alpha value is -1.06. The van der Waals surface area contributed by atoms with Crippen LogP contribution in [0.15, 0.2) is 24.3 Å². The van der Waals surface area contributed by atoms with Crippen molar-refractivity contribution in [3.8, 4) is 5.75 Å². The van der Waals surface area contributed by atoms with Crippen LogP contribution in [0, 0.1) is 5.92 Å². The van der Waals surface area contributed by atoms with Gasteiger partial charge >= 0.3 is 0 Å². The Morgan fingerprint density at radius 3 is 2.68 bits per heavy atom. The predicted molar refractivity (Wildman–Crippen MR) is 77.3 cm³/mol. The lowest BCUT2D eigenvalue weighted by atomic mass is 9.87. The number of rotatable bonds is 5. The summed E-state index contributed by atoms with van der Waals surface area (Å²) >= 11 is 0. The molecule has 0 heterocycles. The molecule has 1 saturated carbocycles. The molecule has 1 fully saturated rings. The molecule has 0 bridgehead atoms. The number of benzene rings is 1. The fourth-order valence-electron chi connectivity index (χ4n) is 2.92. The number of nitrogens with zero attached hydrogens (tertiary/aromatic N) is 1. The zero-order chi connectivity index (χ0) is 13.7. The van der Waals surface area contributed by atoms with E-state index in [-0.39, 0.29) is 6.10 Å². The second-order valence-corrected chi connectivity index (χ2v) is 5.72. The summed E-state index contributed by atoms with van der Waals surface area (Å²) in [5, 5.41) is 9.53. The number of aliphatic hydroxyl groups excluding tert-OH is 1. The Balaban J connectivity index is 1.81. The Labute approximate surface area is 116 Å². The largest absolute Gasteiger partial charge is 0.497 e. The summed E-state index contributed by atoms with van der Waals surface area (Å²) in [7, 11) is 3.88. The number of ether oxygens (including phenoxy) is 1. The Bertz CT molecular complexity index is 386. The molecule has 0 spiro atoms. The average Bonchev–Trinajstić information content (AvgIpc) is 2.41. The van der Waals surface area contributed by atoms with Gasteiger partial charge in [-0.1, -0.05) is 12.1 Å². The molecule has 0 radical (unpaired) electrons. The van der Waals surface area contributed by atoms with Crippen molar-refractivity contribution in [3.05, 3.63) is 29.8 Å².